The molecule has 0 radical (unpaired) electrons. The van der Waals surface area contributed by atoms with Crippen molar-refractivity contribution in [2.75, 3.05) is 23.8 Å². The van der Waals surface area contributed by atoms with Crippen molar-refractivity contribution >= 4 is 28.6 Å². The summed E-state index contributed by atoms with van der Waals surface area (Å²) in [7, 11) is 0. The zero-order valence-corrected chi connectivity index (χ0v) is 17.1. The van der Waals surface area contributed by atoms with Gasteiger partial charge in [0.15, 0.2) is 11.5 Å². The summed E-state index contributed by atoms with van der Waals surface area (Å²) in [5.41, 5.74) is 4.64. The minimum absolute atomic E-state index is 0.164. The number of ether oxygens (including phenoxy) is 2. The lowest BCUT2D eigenvalue weighted by Crippen LogP contribution is -2.10. The van der Waals surface area contributed by atoms with E-state index in [1.54, 1.807) is 0 Å². The molecule has 0 spiro atoms. The fraction of sp³-hybridized carbons (Fsp3) is 0.160. The van der Waals surface area contributed by atoms with Gasteiger partial charge in [0.2, 0.25) is 0 Å². The molecule has 3 aromatic rings. The molecule has 0 aromatic heterocycles. The zero-order valence-electron chi connectivity index (χ0n) is 17.1. The van der Waals surface area contributed by atoms with Crippen LogP contribution >= 0.6 is 0 Å². The molecule has 1 aliphatic heterocycles. The fourth-order valence-electron chi connectivity index (χ4n) is 3.51. The highest BCUT2D eigenvalue weighted by Crippen LogP contribution is 2.43. The Kier molecular flexibility index (Phi) is 5.70. The molecule has 1 heterocycles. The lowest BCUT2D eigenvalue weighted by atomic mass is 9.99. The van der Waals surface area contributed by atoms with Crippen LogP contribution < -0.4 is 20.1 Å². The van der Waals surface area contributed by atoms with Crippen LogP contribution in [-0.4, -0.2) is 19.1 Å². The standard InChI is InChI=1S/C25H24N2O3/c1-3-29-21-15-19-20(16-22(21)30-4-2)27-25(28)23(19)24(17-11-7-5-8-12-17)26-18-13-9-6-10-14-18/h5-16,26H,3-4H2,1-2H3,(H,27,28). The molecule has 30 heavy (non-hydrogen) atoms. The normalized spacial score (nSPS) is 14.0. The molecule has 1 amide bonds. The molecule has 0 atom stereocenters. The van der Waals surface area contributed by atoms with Crippen molar-refractivity contribution in [1.82, 2.24) is 0 Å². The van der Waals surface area contributed by atoms with Gasteiger partial charge in [-0.3, -0.25) is 4.79 Å². The second-order valence-electron chi connectivity index (χ2n) is 6.77. The van der Waals surface area contributed by atoms with Gasteiger partial charge in [0.05, 0.1) is 30.2 Å². The van der Waals surface area contributed by atoms with Crippen LogP contribution in [0.5, 0.6) is 11.5 Å². The van der Waals surface area contributed by atoms with E-state index >= 15 is 0 Å². The molecule has 0 saturated heterocycles. The van der Waals surface area contributed by atoms with Crippen molar-refractivity contribution in [3.63, 3.8) is 0 Å². The number of amides is 1. The summed E-state index contributed by atoms with van der Waals surface area (Å²) < 4.78 is 11.5. The van der Waals surface area contributed by atoms with E-state index in [0.29, 0.717) is 36.0 Å². The van der Waals surface area contributed by atoms with Crippen molar-refractivity contribution in [2.24, 2.45) is 0 Å². The van der Waals surface area contributed by atoms with Gasteiger partial charge in [-0.25, -0.2) is 0 Å². The van der Waals surface area contributed by atoms with Gasteiger partial charge < -0.3 is 20.1 Å². The lowest BCUT2D eigenvalue weighted by molar-refractivity contribution is -0.110. The Morgan fingerprint density at radius 1 is 0.867 bits per heavy atom. The summed E-state index contributed by atoms with van der Waals surface area (Å²) in [4.78, 5) is 13.1. The molecule has 152 valence electrons. The smallest absolute Gasteiger partial charge is 0.258 e. The molecule has 3 aromatic carbocycles. The van der Waals surface area contributed by atoms with Crippen LogP contribution in [0.2, 0.25) is 0 Å². The minimum Gasteiger partial charge on any atom is -0.490 e. The Morgan fingerprint density at radius 3 is 2.10 bits per heavy atom. The number of hydrogen-bond donors (Lipinski definition) is 2. The van der Waals surface area contributed by atoms with Gasteiger partial charge in [0.1, 0.15) is 0 Å². The predicted molar refractivity (Wildman–Crippen MR) is 121 cm³/mol. The first-order valence-corrected chi connectivity index (χ1v) is 10.1. The maximum Gasteiger partial charge on any atom is 0.258 e. The molecule has 0 saturated carbocycles. The molecule has 0 unspecified atom stereocenters. The second kappa shape index (κ2) is 8.74. The summed E-state index contributed by atoms with van der Waals surface area (Å²) in [6.45, 7) is 4.87. The second-order valence-corrected chi connectivity index (χ2v) is 6.77. The van der Waals surface area contributed by atoms with Crippen LogP contribution in [0.4, 0.5) is 11.4 Å². The monoisotopic (exact) mass is 400 g/mol. The molecule has 4 rings (SSSR count). The first-order chi connectivity index (χ1) is 14.7. The Morgan fingerprint density at radius 2 is 1.47 bits per heavy atom. The SMILES string of the molecule is CCOc1cc2c(cc1OCC)C(=C(Nc1ccccc1)c1ccccc1)C(=O)N2. The molecular weight excluding hydrogens is 376 g/mol. The number of carbonyl (C=O) groups excluding carboxylic acids is 1. The number of nitrogens with one attached hydrogen (secondary N) is 2. The largest absolute Gasteiger partial charge is 0.490 e. The van der Waals surface area contributed by atoms with Gasteiger partial charge in [0.25, 0.3) is 5.91 Å². The van der Waals surface area contributed by atoms with E-state index in [0.717, 1.165) is 22.5 Å². The zero-order chi connectivity index (χ0) is 20.9. The molecule has 5 nitrogen and oxygen atoms in total. The third-order valence-corrected chi connectivity index (χ3v) is 4.78. The van der Waals surface area contributed by atoms with Gasteiger partial charge in [-0.15, -0.1) is 0 Å². The summed E-state index contributed by atoms with van der Waals surface area (Å²) in [6.07, 6.45) is 0. The third kappa shape index (κ3) is 3.87. The Labute approximate surface area is 176 Å². The number of rotatable bonds is 7. The average molecular weight is 400 g/mol. The lowest BCUT2D eigenvalue weighted by Gasteiger charge is -2.16. The molecule has 2 N–H and O–H groups in total. The first kappa shape index (κ1) is 19.6. The number of anilines is 2. The predicted octanol–water partition coefficient (Wildman–Crippen LogP) is 5.42. The van der Waals surface area contributed by atoms with Crippen LogP contribution in [0.25, 0.3) is 11.3 Å². The van der Waals surface area contributed by atoms with Gasteiger partial charge in [-0.2, -0.15) is 0 Å². The van der Waals surface area contributed by atoms with E-state index in [1.807, 2.05) is 86.6 Å². The van der Waals surface area contributed by atoms with Gasteiger partial charge in [-0.05, 0) is 37.6 Å². The van der Waals surface area contributed by atoms with Gasteiger partial charge >= 0.3 is 0 Å². The van der Waals surface area contributed by atoms with E-state index < -0.39 is 0 Å². The average Bonchev–Trinajstić information content (AvgIpc) is 3.08. The minimum atomic E-state index is -0.164. The fourth-order valence-corrected chi connectivity index (χ4v) is 3.51. The van der Waals surface area contributed by atoms with Crippen molar-refractivity contribution in [1.29, 1.82) is 0 Å². The molecule has 1 aliphatic rings. The molecule has 0 aliphatic carbocycles. The number of fused-ring (bicyclic) bond motifs is 1. The van der Waals surface area contributed by atoms with Crippen molar-refractivity contribution in [2.45, 2.75) is 13.8 Å². The summed E-state index contributed by atoms with van der Waals surface area (Å²) in [5.74, 6) is 1.08. The van der Waals surface area contributed by atoms with Crippen molar-refractivity contribution in [3.8, 4) is 11.5 Å². The number of hydrogen-bond acceptors (Lipinski definition) is 4. The molecule has 0 fully saturated rings. The molecule has 0 bridgehead atoms. The first-order valence-electron chi connectivity index (χ1n) is 10.1. The van der Waals surface area contributed by atoms with E-state index in [9.17, 15) is 4.79 Å². The Hall–Kier alpha value is -3.73. The van der Waals surface area contributed by atoms with E-state index in [-0.39, 0.29) is 5.91 Å². The van der Waals surface area contributed by atoms with Gasteiger partial charge in [0, 0.05) is 17.3 Å². The Bertz CT molecular complexity index is 1080. The maximum atomic E-state index is 13.1. The highest BCUT2D eigenvalue weighted by Gasteiger charge is 2.30. The van der Waals surface area contributed by atoms with E-state index in [4.69, 9.17) is 9.47 Å². The quantitative estimate of drug-likeness (QED) is 0.520. The third-order valence-electron chi connectivity index (χ3n) is 4.78. The van der Waals surface area contributed by atoms with Crippen LogP contribution in [0.3, 0.4) is 0 Å². The Balaban J connectivity index is 1.90. The van der Waals surface area contributed by atoms with E-state index in [2.05, 4.69) is 10.6 Å². The maximum absolute atomic E-state index is 13.1. The van der Waals surface area contributed by atoms with Crippen molar-refractivity contribution < 1.29 is 14.3 Å². The highest BCUT2D eigenvalue weighted by atomic mass is 16.5. The molecule has 5 heteroatoms. The van der Waals surface area contributed by atoms with Gasteiger partial charge in [-0.1, -0.05) is 48.5 Å². The van der Waals surface area contributed by atoms with Crippen LogP contribution in [0.15, 0.2) is 72.8 Å². The number of para-hydroxylation sites is 1. The number of carbonyl (C=O) groups is 1. The topological polar surface area (TPSA) is 59.6 Å². The molecular formula is C25H24N2O3. The summed E-state index contributed by atoms with van der Waals surface area (Å²) in [5, 5.41) is 6.43. The number of benzene rings is 3. The highest BCUT2D eigenvalue weighted by molar-refractivity contribution is 6.37. The summed E-state index contributed by atoms with van der Waals surface area (Å²) >= 11 is 0. The van der Waals surface area contributed by atoms with Crippen LogP contribution in [0, 0.1) is 0 Å². The van der Waals surface area contributed by atoms with E-state index in [1.165, 1.54) is 0 Å². The van der Waals surface area contributed by atoms with Crippen LogP contribution in [-0.2, 0) is 4.79 Å². The van der Waals surface area contributed by atoms with Crippen molar-refractivity contribution in [3.05, 3.63) is 83.9 Å². The summed E-state index contributed by atoms with van der Waals surface area (Å²) in [6, 6.07) is 23.4. The van der Waals surface area contributed by atoms with Crippen LogP contribution in [0.1, 0.15) is 25.0 Å².